The molecule has 0 saturated heterocycles. The number of rotatable bonds is 1. The van der Waals surface area contributed by atoms with Crippen LogP contribution in [0.5, 0.6) is 5.88 Å². The molecular formula is C9H14BrNO. The highest BCUT2D eigenvalue weighted by Gasteiger charge is 1.96. The molecule has 0 spiro atoms. The number of methoxy groups -OCH3 is 1. The van der Waals surface area contributed by atoms with E-state index >= 15 is 0 Å². The van der Waals surface area contributed by atoms with Gasteiger partial charge >= 0.3 is 0 Å². The molecule has 0 N–H and O–H groups in total. The molecule has 1 rings (SSSR count). The molecular weight excluding hydrogens is 218 g/mol. The van der Waals surface area contributed by atoms with Crippen molar-refractivity contribution in [1.29, 1.82) is 0 Å². The molecule has 0 aliphatic carbocycles. The Bertz CT molecular complexity index is 238. The Morgan fingerprint density at radius 1 is 1.33 bits per heavy atom. The third kappa shape index (κ3) is 3.22. The van der Waals surface area contributed by atoms with Crippen LogP contribution in [-0.2, 0) is 0 Å². The molecule has 1 heterocycles. The fourth-order valence-electron chi connectivity index (χ4n) is 0.635. The Balaban J connectivity index is 0.000000561. The second kappa shape index (κ2) is 6.00. The van der Waals surface area contributed by atoms with Crippen LogP contribution in [0.1, 0.15) is 19.5 Å². The molecule has 1 aromatic heterocycles. The Hall–Kier alpha value is -0.570. The van der Waals surface area contributed by atoms with Crippen molar-refractivity contribution in [2.45, 2.75) is 20.8 Å². The largest absolute Gasteiger partial charge is 0.481 e. The van der Waals surface area contributed by atoms with Crippen molar-refractivity contribution in [3.63, 3.8) is 0 Å². The lowest BCUT2D eigenvalue weighted by molar-refractivity contribution is 0.396. The zero-order valence-electron chi connectivity index (χ0n) is 7.89. The summed E-state index contributed by atoms with van der Waals surface area (Å²) in [6.45, 7) is 5.92. The Morgan fingerprint density at radius 2 is 1.92 bits per heavy atom. The van der Waals surface area contributed by atoms with Gasteiger partial charge < -0.3 is 4.74 Å². The molecule has 0 unspecified atom stereocenters. The summed E-state index contributed by atoms with van der Waals surface area (Å²) in [6, 6.07) is 3.73. The van der Waals surface area contributed by atoms with Gasteiger partial charge in [0, 0.05) is 10.5 Å². The third-order valence-electron chi connectivity index (χ3n) is 1.20. The van der Waals surface area contributed by atoms with Crippen LogP contribution in [0.3, 0.4) is 0 Å². The van der Waals surface area contributed by atoms with Crippen LogP contribution in [0.25, 0.3) is 0 Å². The highest BCUT2D eigenvalue weighted by atomic mass is 79.9. The smallest absolute Gasteiger partial charge is 0.213 e. The highest BCUT2D eigenvalue weighted by molar-refractivity contribution is 9.10. The fourth-order valence-corrected chi connectivity index (χ4v) is 0.856. The summed E-state index contributed by atoms with van der Waals surface area (Å²) in [4.78, 5) is 4.12. The van der Waals surface area contributed by atoms with E-state index in [4.69, 9.17) is 4.74 Å². The van der Waals surface area contributed by atoms with E-state index in [1.807, 2.05) is 32.9 Å². The molecule has 0 saturated carbocycles. The third-order valence-corrected chi connectivity index (χ3v) is 2.04. The van der Waals surface area contributed by atoms with Gasteiger partial charge in [-0.1, -0.05) is 13.8 Å². The average molecular weight is 232 g/mol. The molecule has 0 aliphatic rings. The quantitative estimate of drug-likeness (QED) is 0.741. The first-order valence-electron chi connectivity index (χ1n) is 3.91. The maximum Gasteiger partial charge on any atom is 0.213 e. The zero-order valence-corrected chi connectivity index (χ0v) is 9.47. The van der Waals surface area contributed by atoms with Crippen molar-refractivity contribution < 1.29 is 4.74 Å². The van der Waals surface area contributed by atoms with Crippen LogP contribution in [-0.4, -0.2) is 12.1 Å². The van der Waals surface area contributed by atoms with Crippen LogP contribution in [0.2, 0.25) is 0 Å². The number of pyridine rings is 1. The monoisotopic (exact) mass is 231 g/mol. The van der Waals surface area contributed by atoms with Crippen molar-refractivity contribution in [2.24, 2.45) is 0 Å². The Labute approximate surface area is 82.1 Å². The van der Waals surface area contributed by atoms with Crippen LogP contribution in [0.15, 0.2) is 16.6 Å². The summed E-state index contributed by atoms with van der Waals surface area (Å²) in [5.41, 5.74) is 0.944. The van der Waals surface area contributed by atoms with E-state index in [0.29, 0.717) is 5.88 Å². The van der Waals surface area contributed by atoms with E-state index in [1.165, 1.54) is 0 Å². The normalized spacial score (nSPS) is 8.42. The van der Waals surface area contributed by atoms with Crippen LogP contribution in [0.4, 0.5) is 0 Å². The predicted octanol–water partition coefficient (Wildman–Crippen LogP) is 3.19. The lowest BCUT2D eigenvalue weighted by Gasteiger charge is -1.99. The maximum absolute atomic E-state index is 4.92. The first-order chi connectivity index (χ1) is 5.74. The molecule has 1 aromatic rings. The SMILES string of the molecule is CC.COc1ccc(Br)c(C)n1. The topological polar surface area (TPSA) is 22.1 Å². The van der Waals surface area contributed by atoms with Crippen molar-refractivity contribution in [2.75, 3.05) is 7.11 Å². The maximum atomic E-state index is 4.92. The molecule has 0 amide bonds. The average Bonchev–Trinajstić information content (AvgIpc) is 2.13. The Kier molecular flexibility index (Phi) is 5.72. The lowest BCUT2D eigenvalue weighted by Crippen LogP contribution is -1.89. The minimum Gasteiger partial charge on any atom is -0.481 e. The minimum absolute atomic E-state index is 0.653. The van der Waals surface area contributed by atoms with E-state index in [9.17, 15) is 0 Å². The number of aryl methyl sites for hydroxylation is 1. The fraction of sp³-hybridized carbons (Fsp3) is 0.444. The van der Waals surface area contributed by atoms with Crippen LogP contribution < -0.4 is 4.74 Å². The summed E-state index contributed by atoms with van der Waals surface area (Å²) in [6.07, 6.45) is 0. The molecule has 12 heavy (non-hydrogen) atoms. The number of ether oxygens (including phenoxy) is 1. The first kappa shape index (κ1) is 11.4. The summed E-state index contributed by atoms with van der Waals surface area (Å²) < 4.78 is 5.93. The molecule has 0 radical (unpaired) electrons. The summed E-state index contributed by atoms with van der Waals surface area (Å²) >= 11 is 3.34. The van der Waals surface area contributed by atoms with E-state index < -0.39 is 0 Å². The van der Waals surface area contributed by atoms with Gasteiger partial charge in [0.15, 0.2) is 0 Å². The van der Waals surface area contributed by atoms with E-state index in [0.717, 1.165) is 10.2 Å². The van der Waals surface area contributed by atoms with Crippen molar-refractivity contribution in [1.82, 2.24) is 4.98 Å². The molecule has 0 atom stereocenters. The number of hydrogen-bond acceptors (Lipinski definition) is 2. The van der Waals surface area contributed by atoms with E-state index in [2.05, 4.69) is 20.9 Å². The van der Waals surface area contributed by atoms with Crippen LogP contribution in [0, 0.1) is 6.92 Å². The van der Waals surface area contributed by atoms with Gasteiger partial charge in [-0.15, -0.1) is 0 Å². The van der Waals surface area contributed by atoms with Gasteiger partial charge in [-0.3, -0.25) is 0 Å². The van der Waals surface area contributed by atoms with E-state index in [1.54, 1.807) is 7.11 Å². The van der Waals surface area contributed by atoms with Crippen LogP contribution >= 0.6 is 15.9 Å². The molecule has 0 aromatic carbocycles. The predicted molar refractivity (Wildman–Crippen MR) is 54.6 cm³/mol. The summed E-state index contributed by atoms with van der Waals surface area (Å²) in [5, 5.41) is 0. The molecule has 0 bridgehead atoms. The van der Waals surface area contributed by atoms with E-state index in [-0.39, 0.29) is 0 Å². The molecule has 3 heteroatoms. The van der Waals surface area contributed by atoms with Crippen molar-refractivity contribution in [3.05, 3.63) is 22.3 Å². The van der Waals surface area contributed by atoms with Crippen molar-refractivity contribution >= 4 is 15.9 Å². The van der Waals surface area contributed by atoms with Gasteiger partial charge in [0.2, 0.25) is 5.88 Å². The second-order valence-corrected chi connectivity index (χ2v) is 2.78. The Morgan fingerprint density at radius 3 is 2.33 bits per heavy atom. The van der Waals surface area contributed by atoms with Gasteiger partial charge in [-0.05, 0) is 28.9 Å². The minimum atomic E-state index is 0.653. The van der Waals surface area contributed by atoms with Gasteiger partial charge in [0.05, 0.1) is 12.8 Å². The standard InChI is InChI=1S/C7H8BrNO.C2H6/c1-5-6(8)3-4-7(9-5)10-2;1-2/h3-4H,1-2H3;1-2H3. The van der Waals surface area contributed by atoms with Gasteiger partial charge in [0.25, 0.3) is 0 Å². The molecule has 2 nitrogen and oxygen atoms in total. The highest BCUT2D eigenvalue weighted by Crippen LogP contribution is 2.16. The lowest BCUT2D eigenvalue weighted by atomic mass is 10.4. The van der Waals surface area contributed by atoms with Crippen molar-refractivity contribution in [3.8, 4) is 5.88 Å². The second-order valence-electron chi connectivity index (χ2n) is 1.92. The first-order valence-corrected chi connectivity index (χ1v) is 4.70. The van der Waals surface area contributed by atoms with Gasteiger partial charge in [-0.2, -0.15) is 0 Å². The van der Waals surface area contributed by atoms with Gasteiger partial charge in [0.1, 0.15) is 0 Å². The molecule has 68 valence electrons. The number of aromatic nitrogens is 1. The summed E-state index contributed by atoms with van der Waals surface area (Å²) in [5.74, 6) is 0.653. The summed E-state index contributed by atoms with van der Waals surface area (Å²) in [7, 11) is 1.61. The molecule has 0 fully saturated rings. The number of hydrogen-bond donors (Lipinski definition) is 0. The molecule has 0 aliphatic heterocycles. The number of halogens is 1. The zero-order chi connectivity index (χ0) is 9.56. The van der Waals surface area contributed by atoms with Gasteiger partial charge in [-0.25, -0.2) is 4.98 Å². The number of nitrogens with zero attached hydrogens (tertiary/aromatic N) is 1.